The number of rotatable bonds is 16. The molecule has 52 heavy (non-hydrogen) atoms. The van der Waals surface area contributed by atoms with Crippen molar-refractivity contribution in [3.05, 3.63) is 0 Å². The van der Waals surface area contributed by atoms with E-state index in [4.69, 9.17) is 0 Å². The van der Waals surface area contributed by atoms with Crippen LogP contribution in [0.3, 0.4) is 0 Å². The number of carbonyl (C=O) groups is 6. The SMILES string of the molecule is CCC[C@H](NC(=O)[C@@H]1C2CCC[C@H]2CN1C(=O)[C@@H](NC(=O)C(NC(=O)[C@H](NS(C)(=O)=O)C(C)C)C1CCCCC1)C(C)(C)C)C(=O)C(=O)NC1CC1. The Hall–Kier alpha value is -3.07. The van der Waals surface area contributed by atoms with E-state index in [0.717, 1.165) is 57.6 Å². The van der Waals surface area contributed by atoms with Crippen LogP contribution in [0.1, 0.15) is 119 Å². The minimum absolute atomic E-state index is 0.00650. The van der Waals surface area contributed by atoms with Crippen LogP contribution in [0.2, 0.25) is 0 Å². The molecule has 0 radical (unpaired) electrons. The highest BCUT2D eigenvalue weighted by atomic mass is 32.2. The van der Waals surface area contributed by atoms with Crippen LogP contribution in [0.4, 0.5) is 0 Å². The zero-order chi connectivity index (χ0) is 38.5. The van der Waals surface area contributed by atoms with Gasteiger partial charge in [0.25, 0.3) is 5.91 Å². The van der Waals surface area contributed by atoms with Crippen molar-refractivity contribution >= 4 is 45.3 Å². The first-order valence-corrected chi connectivity index (χ1v) is 21.2. The lowest BCUT2D eigenvalue weighted by molar-refractivity contribution is -0.146. The van der Waals surface area contributed by atoms with Gasteiger partial charge in [-0.2, -0.15) is 0 Å². The molecule has 2 unspecified atom stereocenters. The van der Waals surface area contributed by atoms with Crippen molar-refractivity contribution < 1.29 is 37.2 Å². The Balaban J connectivity index is 1.58. The third-order valence-corrected chi connectivity index (χ3v) is 11.9. The molecule has 4 aliphatic rings. The molecule has 0 aromatic heterocycles. The van der Waals surface area contributed by atoms with Crippen LogP contribution in [0.15, 0.2) is 0 Å². The Kier molecular flexibility index (Phi) is 13.9. The van der Waals surface area contributed by atoms with Crippen molar-refractivity contribution in [3.8, 4) is 0 Å². The third kappa shape index (κ3) is 10.8. The Labute approximate surface area is 309 Å². The predicted octanol–water partition coefficient (Wildman–Crippen LogP) is 1.92. The molecule has 5 N–H and O–H groups in total. The van der Waals surface area contributed by atoms with Gasteiger partial charge >= 0.3 is 0 Å². The van der Waals surface area contributed by atoms with Crippen molar-refractivity contribution in [3.63, 3.8) is 0 Å². The van der Waals surface area contributed by atoms with Gasteiger partial charge in [-0.05, 0) is 74.0 Å². The monoisotopic (exact) mass is 750 g/mol. The number of carbonyl (C=O) groups excluding carboxylic acids is 6. The molecule has 1 aliphatic heterocycles. The summed E-state index contributed by atoms with van der Waals surface area (Å²) in [4.78, 5) is 84.0. The van der Waals surface area contributed by atoms with E-state index in [1.165, 1.54) is 0 Å². The molecule has 0 spiro atoms. The normalized spacial score (nSPS) is 24.7. The van der Waals surface area contributed by atoms with Crippen molar-refractivity contribution in [1.29, 1.82) is 0 Å². The maximum atomic E-state index is 14.7. The van der Waals surface area contributed by atoms with Gasteiger partial charge in [0, 0.05) is 12.6 Å². The first-order valence-electron chi connectivity index (χ1n) is 19.4. The summed E-state index contributed by atoms with van der Waals surface area (Å²) in [5.74, 6) is -4.10. The van der Waals surface area contributed by atoms with Crippen LogP contribution in [0.5, 0.6) is 0 Å². The number of hydrogen-bond donors (Lipinski definition) is 5. The van der Waals surface area contributed by atoms with Crippen molar-refractivity contribution in [2.24, 2.45) is 29.1 Å². The van der Waals surface area contributed by atoms with Gasteiger partial charge in [-0.1, -0.05) is 73.6 Å². The largest absolute Gasteiger partial charge is 0.347 e. The van der Waals surface area contributed by atoms with Gasteiger partial charge in [0.15, 0.2) is 0 Å². The van der Waals surface area contributed by atoms with E-state index in [1.807, 2.05) is 27.7 Å². The minimum atomic E-state index is -3.73. The van der Waals surface area contributed by atoms with Crippen LogP contribution in [-0.2, 0) is 38.8 Å². The molecule has 0 aromatic rings. The summed E-state index contributed by atoms with van der Waals surface area (Å²) in [6.07, 6.45) is 10.1. The van der Waals surface area contributed by atoms with Crippen LogP contribution in [0.25, 0.3) is 0 Å². The number of nitrogens with zero attached hydrogens (tertiary/aromatic N) is 1. The molecule has 4 rings (SSSR count). The minimum Gasteiger partial charge on any atom is -0.347 e. The van der Waals surface area contributed by atoms with Crippen LogP contribution < -0.4 is 26.0 Å². The fourth-order valence-electron chi connectivity index (χ4n) is 8.20. The van der Waals surface area contributed by atoms with Gasteiger partial charge < -0.3 is 26.2 Å². The Morgan fingerprint density at radius 2 is 1.48 bits per heavy atom. The highest BCUT2D eigenvalue weighted by Gasteiger charge is 2.52. The number of ketones is 1. The lowest BCUT2D eigenvalue weighted by Gasteiger charge is -2.38. The average Bonchev–Trinajstić information content (AvgIpc) is 3.63. The fraction of sp³-hybridized carbons (Fsp3) is 0.838. The number of Topliss-reactive ketones (excluding diaryl/α,β-unsaturated/α-hetero) is 1. The van der Waals surface area contributed by atoms with Crippen molar-refractivity contribution in [2.75, 3.05) is 12.8 Å². The summed E-state index contributed by atoms with van der Waals surface area (Å²) in [5, 5.41) is 11.4. The van der Waals surface area contributed by atoms with E-state index in [1.54, 1.807) is 18.7 Å². The van der Waals surface area contributed by atoms with E-state index < -0.39 is 86.9 Å². The predicted molar refractivity (Wildman–Crippen MR) is 196 cm³/mol. The highest BCUT2D eigenvalue weighted by molar-refractivity contribution is 7.88. The maximum absolute atomic E-state index is 14.7. The second-order valence-electron chi connectivity index (χ2n) is 17.1. The summed E-state index contributed by atoms with van der Waals surface area (Å²) in [6, 6.07) is -5.06. The molecule has 4 fully saturated rings. The van der Waals surface area contributed by atoms with Gasteiger partial charge in [-0.3, -0.25) is 28.8 Å². The number of fused-ring (bicyclic) bond motifs is 1. The van der Waals surface area contributed by atoms with Gasteiger partial charge in [0.05, 0.1) is 12.3 Å². The molecule has 0 bridgehead atoms. The summed E-state index contributed by atoms with van der Waals surface area (Å²) in [6.45, 7) is 11.1. The molecule has 7 atom stereocenters. The standard InChI is InChI=1S/C37H62N6O8S/c1-8-13-26(30(44)35(48)38-24-18-19-24)39-34(47)29-25-17-12-16-23(25)20-43(29)36(49)31(37(4,5)6)41-33(46)28(22-14-10-9-11-15-22)40-32(45)27(21(2)3)42-52(7,50)51/h21-29,31,42H,8-20H2,1-7H3,(H,38,48)(H,39,47)(H,40,45)(H,41,46)/t23-,25?,26-,27+,28?,29-,31+/m0/s1. The Morgan fingerprint density at radius 1 is 0.827 bits per heavy atom. The van der Waals surface area contributed by atoms with Gasteiger partial charge in [0.2, 0.25) is 39.4 Å². The quantitative estimate of drug-likeness (QED) is 0.147. The molecule has 294 valence electrons. The molecular weight excluding hydrogens is 689 g/mol. The second kappa shape index (κ2) is 17.4. The maximum Gasteiger partial charge on any atom is 0.289 e. The summed E-state index contributed by atoms with van der Waals surface area (Å²) < 4.78 is 26.6. The average molecular weight is 751 g/mol. The van der Waals surface area contributed by atoms with Gasteiger partial charge in [0.1, 0.15) is 24.2 Å². The van der Waals surface area contributed by atoms with E-state index in [-0.39, 0.29) is 30.2 Å². The second-order valence-corrected chi connectivity index (χ2v) is 18.8. The number of nitrogens with one attached hydrogen (secondary N) is 5. The van der Waals surface area contributed by atoms with Crippen LogP contribution in [-0.4, -0.2) is 97.7 Å². The zero-order valence-electron chi connectivity index (χ0n) is 32.1. The number of hydrogen-bond acceptors (Lipinski definition) is 8. The Bertz CT molecular complexity index is 1450. The fourth-order valence-corrected chi connectivity index (χ4v) is 9.04. The topological polar surface area (TPSA) is 200 Å². The van der Waals surface area contributed by atoms with Gasteiger partial charge in [-0.25, -0.2) is 13.1 Å². The summed E-state index contributed by atoms with van der Waals surface area (Å²) >= 11 is 0. The lowest BCUT2D eigenvalue weighted by atomic mass is 9.82. The highest BCUT2D eigenvalue weighted by Crippen LogP contribution is 2.43. The molecule has 5 amide bonds. The van der Waals surface area contributed by atoms with Crippen molar-refractivity contribution in [2.45, 2.75) is 155 Å². The van der Waals surface area contributed by atoms with Gasteiger partial charge in [-0.15, -0.1) is 0 Å². The molecule has 1 saturated heterocycles. The van der Waals surface area contributed by atoms with Crippen molar-refractivity contribution in [1.82, 2.24) is 30.9 Å². The lowest BCUT2D eigenvalue weighted by Crippen LogP contribution is -2.63. The number of likely N-dealkylation sites (tertiary alicyclic amines) is 1. The smallest absolute Gasteiger partial charge is 0.289 e. The summed E-state index contributed by atoms with van der Waals surface area (Å²) in [5.41, 5.74) is -0.799. The van der Waals surface area contributed by atoms with E-state index in [0.29, 0.717) is 25.8 Å². The van der Waals surface area contributed by atoms with Crippen LogP contribution in [0, 0.1) is 29.1 Å². The molecular formula is C37H62N6O8S. The number of sulfonamides is 1. The number of amides is 5. The molecule has 3 saturated carbocycles. The first kappa shape index (κ1) is 41.7. The molecule has 14 nitrogen and oxygen atoms in total. The van der Waals surface area contributed by atoms with E-state index in [2.05, 4.69) is 26.0 Å². The Morgan fingerprint density at radius 3 is 2.04 bits per heavy atom. The third-order valence-electron chi connectivity index (χ3n) is 11.2. The van der Waals surface area contributed by atoms with Crippen LogP contribution >= 0.6 is 0 Å². The zero-order valence-corrected chi connectivity index (χ0v) is 32.9. The molecule has 3 aliphatic carbocycles. The van der Waals surface area contributed by atoms with E-state index >= 15 is 0 Å². The summed E-state index contributed by atoms with van der Waals surface area (Å²) in [7, 11) is -3.73. The molecule has 0 aromatic carbocycles. The molecule has 1 heterocycles. The van der Waals surface area contributed by atoms with E-state index in [9.17, 15) is 37.2 Å². The first-order chi connectivity index (χ1) is 24.3. The molecule has 15 heteroatoms.